The second-order valence-electron chi connectivity index (χ2n) is 5.91. The second kappa shape index (κ2) is 6.26. The van der Waals surface area contributed by atoms with Gasteiger partial charge in [0.1, 0.15) is 5.54 Å². The number of hydrogen-bond acceptors (Lipinski definition) is 2. The Balaban J connectivity index is 1.83. The van der Waals surface area contributed by atoms with Crippen LogP contribution in [0.25, 0.3) is 0 Å². The van der Waals surface area contributed by atoms with Gasteiger partial charge in [-0.25, -0.2) is 9.59 Å². The number of hydrogen-bond donors (Lipinski definition) is 3. The van der Waals surface area contributed by atoms with Crippen LogP contribution in [0.5, 0.6) is 0 Å². The van der Waals surface area contributed by atoms with Crippen LogP contribution in [-0.2, 0) is 4.79 Å². The quantitative estimate of drug-likeness (QED) is 0.669. The van der Waals surface area contributed by atoms with Crippen molar-refractivity contribution in [1.82, 2.24) is 10.6 Å². The maximum atomic E-state index is 11.8. The van der Waals surface area contributed by atoms with E-state index in [2.05, 4.69) is 10.6 Å². The number of urea groups is 1. The summed E-state index contributed by atoms with van der Waals surface area (Å²) in [6.45, 7) is 0.645. The molecule has 0 unspecified atom stereocenters. The van der Waals surface area contributed by atoms with Gasteiger partial charge in [0.2, 0.25) is 0 Å². The minimum atomic E-state index is -1.06. The Morgan fingerprint density at radius 2 is 1.74 bits per heavy atom. The molecule has 19 heavy (non-hydrogen) atoms. The Morgan fingerprint density at radius 1 is 1.11 bits per heavy atom. The lowest BCUT2D eigenvalue weighted by Crippen LogP contribution is -2.57. The van der Waals surface area contributed by atoms with Crippen LogP contribution in [0.1, 0.15) is 57.8 Å². The SMILES string of the molecule is O=C(NCCC1CC1)NC1(C(=O)O)CCCCCC1. The minimum Gasteiger partial charge on any atom is -0.480 e. The molecule has 5 heteroatoms. The van der Waals surface area contributed by atoms with Gasteiger partial charge in [0, 0.05) is 6.54 Å². The molecule has 2 aliphatic rings. The van der Waals surface area contributed by atoms with Crippen LogP contribution in [0.3, 0.4) is 0 Å². The fourth-order valence-electron chi connectivity index (χ4n) is 2.78. The minimum absolute atomic E-state index is 0.329. The fourth-order valence-corrected chi connectivity index (χ4v) is 2.78. The highest BCUT2D eigenvalue weighted by atomic mass is 16.4. The van der Waals surface area contributed by atoms with Gasteiger partial charge in [-0.2, -0.15) is 0 Å². The summed E-state index contributed by atoms with van der Waals surface area (Å²) in [5.41, 5.74) is -1.06. The van der Waals surface area contributed by atoms with Crippen molar-refractivity contribution in [2.45, 2.75) is 63.3 Å². The predicted molar refractivity (Wildman–Crippen MR) is 71.9 cm³/mol. The molecular weight excluding hydrogens is 244 g/mol. The molecule has 0 saturated heterocycles. The van der Waals surface area contributed by atoms with Gasteiger partial charge in [-0.05, 0) is 25.2 Å². The average Bonchev–Trinajstić information content (AvgIpc) is 3.16. The van der Waals surface area contributed by atoms with Crippen LogP contribution in [0.2, 0.25) is 0 Å². The first-order chi connectivity index (χ1) is 9.12. The lowest BCUT2D eigenvalue weighted by atomic mass is 9.90. The number of carbonyl (C=O) groups excluding carboxylic acids is 1. The zero-order valence-corrected chi connectivity index (χ0v) is 11.4. The number of carboxylic acids is 1. The first-order valence-corrected chi connectivity index (χ1v) is 7.42. The molecule has 0 atom stereocenters. The van der Waals surface area contributed by atoms with Crippen LogP contribution < -0.4 is 10.6 Å². The topological polar surface area (TPSA) is 78.4 Å². The molecule has 0 spiro atoms. The summed E-state index contributed by atoms with van der Waals surface area (Å²) in [7, 11) is 0. The highest BCUT2D eigenvalue weighted by molar-refractivity contribution is 5.86. The van der Waals surface area contributed by atoms with Gasteiger partial charge in [-0.1, -0.05) is 38.5 Å². The Bertz CT molecular complexity index is 332. The number of carboxylic acid groups (broad SMARTS) is 1. The summed E-state index contributed by atoms with van der Waals surface area (Å²) < 4.78 is 0. The number of nitrogens with one attached hydrogen (secondary N) is 2. The van der Waals surface area contributed by atoms with E-state index < -0.39 is 11.5 Å². The van der Waals surface area contributed by atoms with Crippen LogP contribution in [0, 0.1) is 5.92 Å². The normalized spacial score (nSPS) is 22.3. The second-order valence-corrected chi connectivity index (χ2v) is 5.91. The van der Waals surface area contributed by atoms with Crippen LogP contribution in [0.4, 0.5) is 4.79 Å². The largest absolute Gasteiger partial charge is 0.480 e. The molecule has 3 N–H and O–H groups in total. The van der Waals surface area contributed by atoms with Crippen molar-refractivity contribution in [3.8, 4) is 0 Å². The number of carbonyl (C=O) groups is 2. The number of aliphatic carboxylic acids is 1. The van der Waals surface area contributed by atoms with Crippen molar-refractivity contribution in [2.75, 3.05) is 6.54 Å². The molecule has 0 aliphatic heterocycles. The monoisotopic (exact) mass is 268 g/mol. The molecule has 0 radical (unpaired) electrons. The van der Waals surface area contributed by atoms with Gasteiger partial charge in [0.15, 0.2) is 0 Å². The average molecular weight is 268 g/mol. The number of amides is 2. The summed E-state index contributed by atoms with van der Waals surface area (Å²) in [6, 6.07) is -0.329. The maximum absolute atomic E-state index is 11.8. The summed E-state index contributed by atoms with van der Waals surface area (Å²) in [5.74, 6) is -0.127. The Hall–Kier alpha value is -1.26. The molecule has 2 amide bonds. The van der Waals surface area contributed by atoms with E-state index in [-0.39, 0.29) is 6.03 Å². The third kappa shape index (κ3) is 4.11. The van der Waals surface area contributed by atoms with Gasteiger partial charge in [-0.15, -0.1) is 0 Å². The molecule has 108 valence electrons. The summed E-state index contributed by atoms with van der Waals surface area (Å²) >= 11 is 0. The van der Waals surface area contributed by atoms with Crippen molar-refractivity contribution in [2.24, 2.45) is 5.92 Å². The third-order valence-electron chi connectivity index (χ3n) is 4.25. The molecular formula is C14H24N2O3. The molecule has 2 aliphatic carbocycles. The zero-order chi connectivity index (χ0) is 13.7. The van der Waals surface area contributed by atoms with Crippen LogP contribution in [0.15, 0.2) is 0 Å². The van der Waals surface area contributed by atoms with Crippen molar-refractivity contribution in [3.05, 3.63) is 0 Å². The fraction of sp³-hybridized carbons (Fsp3) is 0.857. The highest BCUT2D eigenvalue weighted by Gasteiger charge is 2.40. The van der Waals surface area contributed by atoms with Crippen molar-refractivity contribution >= 4 is 12.0 Å². The van der Waals surface area contributed by atoms with Gasteiger partial charge in [0.05, 0.1) is 0 Å². The molecule has 2 rings (SSSR count). The molecule has 0 bridgehead atoms. The molecule has 2 saturated carbocycles. The van der Waals surface area contributed by atoms with Crippen LogP contribution in [-0.4, -0.2) is 29.2 Å². The van der Waals surface area contributed by atoms with Crippen molar-refractivity contribution < 1.29 is 14.7 Å². The van der Waals surface area contributed by atoms with E-state index in [1.54, 1.807) is 0 Å². The third-order valence-corrected chi connectivity index (χ3v) is 4.25. The molecule has 0 aromatic carbocycles. The van der Waals surface area contributed by atoms with Crippen molar-refractivity contribution in [1.29, 1.82) is 0 Å². The Kier molecular flexibility index (Phi) is 4.66. The molecule has 0 heterocycles. The summed E-state index contributed by atoms with van der Waals surface area (Å²) in [6.07, 6.45) is 8.47. The number of rotatable bonds is 5. The Labute approximate surface area is 114 Å². The molecule has 0 aromatic rings. The van der Waals surface area contributed by atoms with Crippen LogP contribution >= 0.6 is 0 Å². The van der Waals surface area contributed by atoms with Gasteiger partial charge < -0.3 is 15.7 Å². The van der Waals surface area contributed by atoms with Gasteiger partial charge in [0.25, 0.3) is 0 Å². The summed E-state index contributed by atoms with van der Waals surface area (Å²) in [4.78, 5) is 23.4. The maximum Gasteiger partial charge on any atom is 0.329 e. The van der Waals surface area contributed by atoms with E-state index in [9.17, 15) is 14.7 Å². The lowest BCUT2D eigenvalue weighted by Gasteiger charge is -2.29. The lowest BCUT2D eigenvalue weighted by molar-refractivity contribution is -0.145. The zero-order valence-electron chi connectivity index (χ0n) is 11.4. The van der Waals surface area contributed by atoms with Gasteiger partial charge in [-0.3, -0.25) is 0 Å². The van der Waals surface area contributed by atoms with E-state index in [1.165, 1.54) is 12.8 Å². The summed E-state index contributed by atoms with van der Waals surface area (Å²) in [5, 5.41) is 14.9. The van der Waals surface area contributed by atoms with E-state index >= 15 is 0 Å². The first kappa shape index (κ1) is 14.2. The van der Waals surface area contributed by atoms with E-state index in [4.69, 9.17) is 0 Å². The smallest absolute Gasteiger partial charge is 0.329 e. The van der Waals surface area contributed by atoms with E-state index in [0.717, 1.165) is 38.0 Å². The van der Waals surface area contributed by atoms with Gasteiger partial charge >= 0.3 is 12.0 Å². The highest BCUT2D eigenvalue weighted by Crippen LogP contribution is 2.31. The Morgan fingerprint density at radius 3 is 2.26 bits per heavy atom. The predicted octanol–water partition coefficient (Wildman–Crippen LogP) is 2.26. The first-order valence-electron chi connectivity index (χ1n) is 7.42. The molecule has 2 fully saturated rings. The van der Waals surface area contributed by atoms with Crippen molar-refractivity contribution in [3.63, 3.8) is 0 Å². The molecule has 0 aromatic heterocycles. The van der Waals surface area contributed by atoms with E-state index in [0.29, 0.717) is 19.4 Å². The van der Waals surface area contributed by atoms with E-state index in [1.807, 2.05) is 0 Å². The molecule has 5 nitrogen and oxygen atoms in total. The standard InChI is InChI=1S/C14H24N2O3/c17-12(18)14(8-3-1-2-4-9-14)16-13(19)15-10-7-11-5-6-11/h11H,1-10H2,(H,17,18)(H2,15,16,19).